The number of amides is 1. The Morgan fingerprint density at radius 3 is 2.48 bits per heavy atom. The molecule has 0 aliphatic carbocycles. The summed E-state index contributed by atoms with van der Waals surface area (Å²) in [7, 11) is 0. The number of halogens is 3. The lowest BCUT2D eigenvalue weighted by molar-refractivity contribution is -0.139. The van der Waals surface area contributed by atoms with Gasteiger partial charge in [0, 0.05) is 59.3 Å². The molecule has 0 saturated carbocycles. The first-order valence-electron chi connectivity index (χ1n) is 13.1. The number of nitrogens with one attached hydrogen (secondary N) is 2. The van der Waals surface area contributed by atoms with Gasteiger partial charge >= 0.3 is 6.18 Å². The van der Waals surface area contributed by atoms with Gasteiger partial charge < -0.3 is 24.5 Å². The number of fused-ring (bicyclic) bond motifs is 1. The van der Waals surface area contributed by atoms with Gasteiger partial charge in [-0.1, -0.05) is 18.2 Å². The lowest BCUT2D eigenvalue weighted by Gasteiger charge is -2.31. The highest BCUT2D eigenvalue weighted by atomic mass is 19.4. The van der Waals surface area contributed by atoms with Crippen LogP contribution < -0.4 is 15.8 Å². The van der Waals surface area contributed by atoms with Crippen molar-refractivity contribution in [2.24, 2.45) is 0 Å². The number of anilines is 1. The smallest absolute Gasteiger partial charge is 0.378 e. The molecule has 3 heterocycles. The van der Waals surface area contributed by atoms with E-state index in [0.717, 1.165) is 21.4 Å². The third-order valence-corrected chi connectivity index (χ3v) is 7.36. The number of aromatic nitrogens is 2. The molecule has 0 atom stereocenters. The summed E-state index contributed by atoms with van der Waals surface area (Å²) >= 11 is 0. The van der Waals surface area contributed by atoms with Crippen molar-refractivity contribution in [2.75, 3.05) is 31.2 Å². The number of rotatable bonds is 6. The van der Waals surface area contributed by atoms with Crippen LogP contribution in [0.5, 0.6) is 0 Å². The molecule has 2 aromatic heterocycles. The molecule has 1 amide bonds. The Balaban J connectivity index is 1.63. The summed E-state index contributed by atoms with van der Waals surface area (Å²) in [5.74, 6) is -0.469. The first-order chi connectivity index (χ1) is 19.0. The zero-order valence-electron chi connectivity index (χ0n) is 22.6. The Hall–Kier alpha value is -4.05. The quantitative estimate of drug-likeness (QED) is 0.343. The van der Waals surface area contributed by atoms with Crippen molar-refractivity contribution in [2.45, 2.75) is 40.0 Å². The molecule has 210 valence electrons. The third kappa shape index (κ3) is 5.49. The number of aryl methyl sites for hydroxylation is 3. The maximum atomic E-state index is 13.6. The second-order valence-electron chi connectivity index (χ2n) is 10.2. The van der Waals surface area contributed by atoms with Crippen LogP contribution in [0, 0.1) is 20.8 Å². The summed E-state index contributed by atoms with van der Waals surface area (Å²) in [6, 6.07) is 12.9. The van der Waals surface area contributed by atoms with Crippen molar-refractivity contribution in [1.82, 2.24) is 14.9 Å². The molecule has 10 heteroatoms. The van der Waals surface area contributed by atoms with Crippen molar-refractivity contribution in [3.63, 3.8) is 0 Å². The molecule has 0 bridgehead atoms. The predicted octanol–water partition coefficient (Wildman–Crippen LogP) is 5.25. The number of para-hydroxylation sites is 1. The summed E-state index contributed by atoms with van der Waals surface area (Å²) in [4.78, 5) is 31.0. The van der Waals surface area contributed by atoms with E-state index in [4.69, 9.17) is 4.74 Å². The molecule has 1 aliphatic heterocycles. The third-order valence-electron chi connectivity index (χ3n) is 7.36. The number of H-pyrrole nitrogens is 1. The predicted molar refractivity (Wildman–Crippen MR) is 149 cm³/mol. The minimum Gasteiger partial charge on any atom is -0.378 e. The molecule has 0 unspecified atom stereocenters. The first kappa shape index (κ1) is 27.5. The summed E-state index contributed by atoms with van der Waals surface area (Å²) in [6.07, 6.45) is -3.02. The minimum atomic E-state index is -4.44. The molecule has 40 heavy (non-hydrogen) atoms. The SMILES string of the molecule is Cc1cc(C)c(CNC(=O)c2cc(-c3ccccc3N3CCOCC3)c3ccn(CC(F)(F)F)c3c2C)c(=O)[nH]1. The Kier molecular flexibility index (Phi) is 7.46. The van der Waals surface area contributed by atoms with Gasteiger partial charge in [-0.3, -0.25) is 9.59 Å². The molecule has 5 rings (SSSR count). The number of carbonyl (C=O) groups excluding carboxylic acids is 1. The van der Waals surface area contributed by atoms with Crippen LogP contribution in [0.3, 0.4) is 0 Å². The number of alkyl halides is 3. The molecule has 0 radical (unpaired) electrons. The molecule has 1 aliphatic rings. The van der Waals surface area contributed by atoms with E-state index in [9.17, 15) is 22.8 Å². The van der Waals surface area contributed by atoms with E-state index in [1.165, 1.54) is 6.20 Å². The zero-order chi connectivity index (χ0) is 28.6. The first-order valence-corrected chi connectivity index (χ1v) is 13.1. The minimum absolute atomic E-state index is 0.0129. The van der Waals surface area contributed by atoms with Crippen LogP contribution in [-0.2, 0) is 17.8 Å². The molecular weight excluding hydrogens is 521 g/mol. The number of hydrogen-bond acceptors (Lipinski definition) is 4. The van der Waals surface area contributed by atoms with Crippen molar-refractivity contribution in [3.05, 3.63) is 87.0 Å². The van der Waals surface area contributed by atoms with Crippen molar-refractivity contribution < 1.29 is 22.7 Å². The van der Waals surface area contributed by atoms with Crippen LogP contribution >= 0.6 is 0 Å². The van der Waals surface area contributed by atoms with Crippen LogP contribution in [0.15, 0.2) is 53.5 Å². The van der Waals surface area contributed by atoms with E-state index in [1.54, 1.807) is 32.9 Å². The molecule has 4 aromatic rings. The van der Waals surface area contributed by atoms with Gasteiger partial charge in [-0.05, 0) is 61.7 Å². The maximum absolute atomic E-state index is 13.6. The van der Waals surface area contributed by atoms with Crippen molar-refractivity contribution in [1.29, 1.82) is 0 Å². The number of pyridine rings is 1. The Morgan fingerprint density at radius 1 is 1.05 bits per heavy atom. The molecular formula is C30H31F3N4O3. The number of aromatic amines is 1. The van der Waals surface area contributed by atoms with Crippen LogP contribution in [0.4, 0.5) is 18.9 Å². The number of ether oxygens (including phenoxy) is 1. The Bertz CT molecular complexity index is 1630. The maximum Gasteiger partial charge on any atom is 0.406 e. The highest BCUT2D eigenvalue weighted by Gasteiger charge is 2.30. The van der Waals surface area contributed by atoms with Crippen LogP contribution in [0.25, 0.3) is 22.0 Å². The van der Waals surface area contributed by atoms with Gasteiger partial charge in [-0.25, -0.2) is 0 Å². The average molecular weight is 553 g/mol. The number of morpholine rings is 1. The monoisotopic (exact) mass is 552 g/mol. The summed E-state index contributed by atoms with van der Waals surface area (Å²) in [5.41, 5.74) is 5.04. The van der Waals surface area contributed by atoms with Crippen LogP contribution in [-0.4, -0.2) is 47.9 Å². The van der Waals surface area contributed by atoms with Gasteiger partial charge in [0.15, 0.2) is 0 Å². The van der Waals surface area contributed by atoms with E-state index in [2.05, 4.69) is 15.2 Å². The fourth-order valence-corrected chi connectivity index (χ4v) is 5.50. The summed E-state index contributed by atoms with van der Waals surface area (Å²) in [5, 5.41) is 3.45. The van der Waals surface area contributed by atoms with Crippen molar-refractivity contribution >= 4 is 22.5 Å². The van der Waals surface area contributed by atoms with Crippen LogP contribution in [0.2, 0.25) is 0 Å². The molecule has 1 fully saturated rings. The normalized spacial score (nSPS) is 14.1. The fraction of sp³-hybridized carbons (Fsp3) is 0.333. The molecule has 0 spiro atoms. The van der Waals surface area contributed by atoms with E-state index in [1.807, 2.05) is 30.3 Å². The van der Waals surface area contributed by atoms with Gasteiger partial charge in [0.05, 0.1) is 18.7 Å². The molecule has 2 aromatic carbocycles. The average Bonchev–Trinajstić information content (AvgIpc) is 3.31. The van der Waals surface area contributed by atoms with Crippen LogP contribution in [0.1, 0.15) is 32.7 Å². The van der Waals surface area contributed by atoms with Gasteiger partial charge in [0.2, 0.25) is 0 Å². The number of nitrogens with zero attached hydrogens (tertiary/aromatic N) is 2. The lowest BCUT2D eigenvalue weighted by atomic mass is 9.93. The second kappa shape index (κ2) is 10.8. The molecule has 7 nitrogen and oxygen atoms in total. The summed E-state index contributed by atoms with van der Waals surface area (Å²) < 4.78 is 47.2. The Labute approximate surface area is 229 Å². The van der Waals surface area contributed by atoms with Gasteiger partial charge in [0.25, 0.3) is 11.5 Å². The molecule has 2 N–H and O–H groups in total. The van der Waals surface area contributed by atoms with E-state index < -0.39 is 18.6 Å². The van der Waals surface area contributed by atoms with Gasteiger partial charge in [0.1, 0.15) is 6.54 Å². The number of carbonyl (C=O) groups is 1. The Morgan fingerprint density at radius 2 is 1.77 bits per heavy atom. The second-order valence-corrected chi connectivity index (χ2v) is 10.2. The largest absolute Gasteiger partial charge is 0.406 e. The highest BCUT2D eigenvalue weighted by molar-refractivity contribution is 6.07. The van der Waals surface area contributed by atoms with E-state index in [0.29, 0.717) is 59.6 Å². The standard InChI is InChI=1S/C30H31F3N4O3/c1-18-14-19(2)35-29(39)25(18)16-34-28(38)23-15-24(21-6-4-5-7-26(21)36-10-12-40-13-11-36)22-8-9-37(17-30(31,32)33)27(22)20(23)3/h4-9,14-15H,10-13,16-17H2,1-3H3,(H,34,38)(H,35,39). The highest BCUT2D eigenvalue weighted by Crippen LogP contribution is 2.39. The lowest BCUT2D eigenvalue weighted by Crippen LogP contribution is -2.36. The van der Waals surface area contributed by atoms with E-state index in [-0.39, 0.29) is 17.7 Å². The zero-order valence-corrected chi connectivity index (χ0v) is 22.6. The van der Waals surface area contributed by atoms with Gasteiger partial charge in [-0.15, -0.1) is 0 Å². The number of benzene rings is 2. The summed E-state index contributed by atoms with van der Waals surface area (Å²) in [6.45, 7) is 6.55. The van der Waals surface area contributed by atoms with Gasteiger partial charge in [-0.2, -0.15) is 13.2 Å². The fourth-order valence-electron chi connectivity index (χ4n) is 5.50. The van der Waals surface area contributed by atoms with Crippen molar-refractivity contribution in [3.8, 4) is 11.1 Å². The number of hydrogen-bond donors (Lipinski definition) is 2. The topological polar surface area (TPSA) is 79.4 Å². The molecule has 1 saturated heterocycles. The van der Waals surface area contributed by atoms with E-state index >= 15 is 0 Å².